The number of carbonyl (C=O) groups is 1. The molecule has 11 heteroatoms. The largest absolute Gasteiger partial charge is 0.488 e. The third kappa shape index (κ3) is 7.89. The molecule has 0 spiro atoms. The third-order valence-corrected chi connectivity index (χ3v) is 8.91. The molecule has 0 amide bonds. The Bertz CT molecular complexity index is 1960. The second-order valence-electron chi connectivity index (χ2n) is 11.2. The predicted molar refractivity (Wildman–Crippen MR) is 183 cm³/mol. The van der Waals surface area contributed by atoms with Gasteiger partial charge in [0.15, 0.2) is 11.5 Å². The van der Waals surface area contributed by atoms with Gasteiger partial charge in [-0.3, -0.25) is 10.1 Å². The zero-order valence-electron chi connectivity index (χ0n) is 26.1. The van der Waals surface area contributed by atoms with Gasteiger partial charge in [0.25, 0.3) is 0 Å². The number of rotatable bonds is 13. The number of nitriles is 1. The van der Waals surface area contributed by atoms with E-state index in [4.69, 9.17) is 30.5 Å². The van der Waals surface area contributed by atoms with Gasteiger partial charge in [-0.25, -0.2) is 4.98 Å². The summed E-state index contributed by atoms with van der Waals surface area (Å²) >= 11 is 8.17. The van der Waals surface area contributed by atoms with E-state index in [1.54, 1.807) is 35.8 Å². The third-order valence-electron chi connectivity index (χ3n) is 7.98. The lowest BCUT2D eigenvalue weighted by molar-refractivity contribution is -0.139. The summed E-state index contributed by atoms with van der Waals surface area (Å²) in [5, 5.41) is 24.5. The Morgan fingerprint density at radius 1 is 1.02 bits per heavy atom. The van der Waals surface area contributed by atoms with Crippen molar-refractivity contribution in [2.24, 2.45) is 0 Å². The van der Waals surface area contributed by atoms with E-state index < -0.39 is 12.0 Å². The molecular formula is C37H32ClN3O6S. The summed E-state index contributed by atoms with van der Waals surface area (Å²) < 4.78 is 24.0. The minimum absolute atomic E-state index is 0.172. The Morgan fingerprint density at radius 2 is 1.83 bits per heavy atom. The predicted octanol–water partition coefficient (Wildman–Crippen LogP) is 7.36. The molecule has 0 saturated heterocycles. The Hall–Kier alpha value is -5.08. The first kappa shape index (κ1) is 32.8. The second-order valence-corrected chi connectivity index (χ2v) is 12.3. The number of hydrogen-bond acceptors (Lipinski definition) is 9. The van der Waals surface area contributed by atoms with Crippen LogP contribution in [0.3, 0.4) is 0 Å². The fraction of sp³-hybridized carbons (Fsp3) is 0.216. The van der Waals surface area contributed by atoms with Crippen molar-refractivity contribution in [1.29, 1.82) is 5.26 Å². The van der Waals surface area contributed by atoms with Gasteiger partial charge >= 0.3 is 5.97 Å². The molecule has 9 nitrogen and oxygen atoms in total. The van der Waals surface area contributed by atoms with E-state index in [0.717, 1.165) is 39.3 Å². The molecule has 6 rings (SSSR count). The maximum absolute atomic E-state index is 12.0. The fourth-order valence-electron chi connectivity index (χ4n) is 5.40. The van der Waals surface area contributed by atoms with Crippen LogP contribution < -0.4 is 24.3 Å². The Labute approximate surface area is 287 Å². The summed E-state index contributed by atoms with van der Waals surface area (Å²) in [5.74, 6) is 1.38. The molecule has 0 radical (unpaired) electrons. The van der Waals surface area contributed by atoms with Gasteiger partial charge in [-0.2, -0.15) is 5.26 Å². The maximum atomic E-state index is 12.0. The number of hydrogen-bond donors (Lipinski definition) is 2. The maximum Gasteiger partial charge on any atom is 0.321 e. The highest BCUT2D eigenvalue weighted by atomic mass is 35.5. The van der Waals surface area contributed by atoms with Crippen LogP contribution in [0.15, 0.2) is 83.7 Å². The monoisotopic (exact) mass is 681 g/mol. The van der Waals surface area contributed by atoms with Crippen LogP contribution in [0.1, 0.15) is 33.5 Å². The van der Waals surface area contributed by atoms with Crippen molar-refractivity contribution in [3.05, 3.63) is 122 Å². The van der Waals surface area contributed by atoms with Crippen LogP contribution in [0.2, 0.25) is 5.02 Å². The van der Waals surface area contributed by atoms with Crippen molar-refractivity contribution in [2.75, 3.05) is 13.2 Å². The molecule has 48 heavy (non-hydrogen) atoms. The summed E-state index contributed by atoms with van der Waals surface area (Å²) in [6.07, 6.45) is 0.232. The number of benzene rings is 4. The Morgan fingerprint density at radius 3 is 2.62 bits per heavy atom. The molecule has 1 atom stereocenters. The molecule has 1 aliphatic rings. The van der Waals surface area contributed by atoms with Crippen molar-refractivity contribution in [2.45, 2.75) is 39.1 Å². The number of fused-ring (bicyclic) bond motifs is 1. The average molecular weight is 682 g/mol. The van der Waals surface area contributed by atoms with Gasteiger partial charge in [0.1, 0.15) is 44.0 Å². The Balaban J connectivity index is 1.23. The van der Waals surface area contributed by atoms with E-state index in [0.29, 0.717) is 46.6 Å². The summed E-state index contributed by atoms with van der Waals surface area (Å²) in [4.78, 5) is 16.3. The van der Waals surface area contributed by atoms with Crippen molar-refractivity contribution in [3.8, 4) is 40.2 Å². The first-order valence-corrected chi connectivity index (χ1v) is 16.6. The molecule has 0 unspecified atom stereocenters. The standard InChI is InChI=1S/C37H32ClN3O6S/c1-23-27(6-3-7-30(23)26-8-9-33-36(14-26)45-11-10-44-33)20-47-35-16-34(46-19-25-5-2-4-24(12-25)17-39)28(13-31(35)38)18-40-32(37(42)43)15-29-21-48-22-41-29/h2-9,12-14,16,21-22,32,40H,10-11,15,18-20H2,1H3,(H,42,43)/t32-/m0/s1. The van der Waals surface area contributed by atoms with Crippen LogP contribution in [0.4, 0.5) is 0 Å². The van der Waals surface area contributed by atoms with Crippen LogP contribution in [0.25, 0.3) is 11.1 Å². The van der Waals surface area contributed by atoms with E-state index in [1.807, 2.05) is 41.8 Å². The lowest BCUT2D eigenvalue weighted by Gasteiger charge is -2.20. The lowest BCUT2D eigenvalue weighted by Crippen LogP contribution is -2.38. The molecule has 1 aliphatic heterocycles. The van der Waals surface area contributed by atoms with Crippen LogP contribution in [-0.4, -0.2) is 35.3 Å². The van der Waals surface area contributed by atoms with Crippen LogP contribution >= 0.6 is 22.9 Å². The van der Waals surface area contributed by atoms with E-state index in [-0.39, 0.29) is 26.2 Å². The zero-order chi connectivity index (χ0) is 33.5. The normalized spacial score (nSPS) is 12.6. The Kier molecular flexibility index (Phi) is 10.4. The lowest BCUT2D eigenvalue weighted by atomic mass is 9.96. The summed E-state index contributed by atoms with van der Waals surface area (Å²) in [6.45, 7) is 3.71. The van der Waals surface area contributed by atoms with Crippen LogP contribution in [0.5, 0.6) is 23.0 Å². The number of carboxylic acid groups (broad SMARTS) is 1. The number of halogens is 1. The molecule has 0 saturated carbocycles. The number of carboxylic acids is 1. The van der Waals surface area contributed by atoms with Crippen LogP contribution in [-0.2, 0) is 31.0 Å². The van der Waals surface area contributed by atoms with Gasteiger partial charge in [0.2, 0.25) is 0 Å². The quantitative estimate of drug-likeness (QED) is 0.131. The average Bonchev–Trinajstić information content (AvgIpc) is 3.62. The molecule has 5 aromatic rings. The molecule has 0 aliphatic carbocycles. The smallest absolute Gasteiger partial charge is 0.321 e. The molecule has 0 fully saturated rings. The second kappa shape index (κ2) is 15.2. The zero-order valence-corrected chi connectivity index (χ0v) is 27.6. The highest BCUT2D eigenvalue weighted by Crippen LogP contribution is 2.37. The summed E-state index contributed by atoms with van der Waals surface area (Å²) in [6, 6.07) is 23.9. The van der Waals surface area contributed by atoms with E-state index in [1.165, 1.54) is 11.3 Å². The molecule has 2 heterocycles. The van der Waals surface area contributed by atoms with E-state index >= 15 is 0 Å². The first-order valence-electron chi connectivity index (χ1n) is 15.3. The number of thiazole rings is 1. The SMILES string of the molecule is Cc1c(COc2cc(OCc3cccc(C#N)c3)c(CN[C@@H](Cc3cscn3)C(=O)O)cc2Cl)cccc1-c1ccc2c(c1)OCCO2. The first-order chi connectivity index (χ1) is 23.4. The summed E-state index contributed by atoms with van der Waals surface area (Å²) in [5.41, 5.74) is 8.46. The molecular weight excluding hydrogens is 650 g/mol. The summed E-state index contributed by atoms with van der Waals surface area (Å²) in [7, 11) is 0. The minimum Gasteiger partial charge on any atom is -0.488 e. The van der Waals surface area contributed by atoms with Crippen LogP contribution in [0, 0.1) is 18.3 Å². The number of ether oxygens (including phenoxy) is 4. The van der Waals surface area contributed by atoms with E-state index in [9.17, 15) is 15.2 Å². The molecule has 244 valence electrons. The number of nitrogens with one attached hydrogen (secondary N) is 1. The molecule has 1 aromatic heterocycles. The molecule has 2 N–H and O–H groups in total. The number of nitrogens with zero attached hydrogens (tertiary/aromatic N) is 2. The minimum atomic E-state index is -0.987. The highest BCUT2D eigenvalue weighted by Gasteiger charge is 2.21. The molecule has 4 aromatic carbocycles. The number of aromatic nitrogens is 1. The van der Waals surface area contributed by atoms with Gasteiger partial charge in [-0.05, 0) is 65.1 Å². The van der Waals surface area contributed by atoms with Gasteiger partial charge in [0, 0.05) is 30.0 Å². The van der Waals surface area contributed by atoms with Gasteiger partial charge in [-0.1, -0.05) is 48.0 Å². The van der Waals surface area contributed by atoms with Gasteiger partial charge in [-0.15, -0.1) is 11.3 Å². The van der Waals surface area contributed by atoms with Gasteiger partial charge in [0.05, 0.1) is 27.9 Å². The van der Waals surface area contributed by atoms with Gasteiger partial charge < -0.3 is 24.1 Å². The van der Waals surface area contributed by atoms with Crippen molar-refractivity contribution in [1.82, 2.24) is 10.3 Å². The van der Waals surface area contributed by atoms with E-state index in [2.05, 4.69) is 29.4 Å². The highest BCUT2D eigenvalue weighted by molar-refractivity contribution is 7.07. The fourth-order valence-corrected chi connectivity index (χ4v) is 6.21. The van der Waals surface area contributed by atoms with Crippen molar-refractivity contribution in [3.63, 3.8) is 0 Å². The number of aliphatic carboxylic acids is 1. The topological polar surface area (TPSA) is 123 Å². The molecule has 0 bridgehead atoms. The van der Waals surface area contributed by atoms with Crippen molar-refractivity contribution < 1.29 is 28.8 Å². The van der Waals surface area contributed by atoms with Crippen molar-refractivity contribution >= 4 is 28.9 Å².